The molecule has 2 aromatic rings. The maximum Gasteiger partial charge on any atom is 0.315 e. The average molecular weight is 294 g/mol. The molecule has 0 aliphatic rings. The molecule has 5 nitrogen and oxygen atoms in total. The molecule has 0 atom stereocenters. The number of thiophene rings is 1. The number of aryl methyl sites for hydroxylation is 1. The van der Waals surface area contributed by atoms with Gasteiger partial charge in [0.2, 0.25) is 5.89 Å². The lowest BCUT2D eigenvalue weighted by Gasteiger charge is -2.03. The van der Waals surface area contributed by atoms with Crippen LogP contribution in [0.15, 0.2) is 16.5 Å². The van der Waals surface area contributed by atoms with Gasteiger partial charge in [0, 0.05) is 9.75 Å². The third kappa shape index (κ3) is 4.61. The summed E-state index contributed by atoms with van der Waals surface area (Å²) in [6, 6.07) is 4.78. The van der Waals surface area contributed by atoms with Crippen molar-refractivity contribution in [1.82, 2.24) is 15.5 Å². The van der Waals surface area contributed by atoms with E-state index in [0.717, 1.165) is 19.5 Å². The van der Waals surface area contributed by atoms with Gasteiger partial charge in [-0.3, -0.25) is 0 Å². The second-order valence-electron chi connectivity index (χ2n) is 5.10. The lowest BCUT2D eigenvalue weighted by Crippen LogP contribution is -2.19. The molecule has 0 amide bonds. The molecule has 6 heteroatoms. The van der Waals surface area contributed by atoms with E-state index < -0.39 is 0 Å². The van der Waals surface area contributed by atoms with Crippen molar-refractivity contribution in [2.45, 2.75) is 40.3 Å². The van der Waals surface area contributed by atoms with Crippen molar-refractivity contribution in [3.05, 3.63) is 27.8 Å². The van der Waals surface area contributed by atoms with E-state index in [0.29, 0.717) is 24.4 Å². The summed E-state index contributed by atoms with van der Waals surface area (Å²) in [6.45, 7) is 8.79. The zero-order valence-electron chi connectivity index (χ0n) is 12.3. The first-order valence-corrected chi connectivity index (χ1v) is 7.83. The third-order valence-corrected chi connectivity index (χ3v) is 4.00. The Hall–Kier alpha value is -1.40. The largest absolute Gasteiger partial charge is 0.407 e. The van der Waals surface area contributed by atoms with Crippen LogP contribution in [-0.2, 0) is 19.5 Å². The molecule has 0 radical (unpaired) electrons. The van der Waals surface area contributed by atoms with E-state index in [1.807, 2.05) is 11.3 Å². The number of nitrogens with one attached hydrogen (secondary N) is 2. The quantitative estimate of drug-likeness (QED) is 0.783. The molecule has 2 N–H and O–H groups in total. The van der Waals surface area contributed by atoms with Crippen LogP contribution in [0, 0.1) is 5.92 Å². The van der Waals surface area contributed by atoms with Crippen LogP contribution < -0.4 is 10.6 Å². The van der Waals surface area contributed by atoms with Crippen LogP contribution in [0.5, 0.6) is 0 Å². The zero-order chi connectivity index (χ0) is 14.4. The summed E-state index contributed by atoms with van der Waals surface area (Å²) in [5.74, 6) is 1.23. The lowest BCUT2D eigenvalue weighted by atomic mass is 10.2. The first-order valence-electron chi connectivity index (χ1n) is 7.02. The van der Waals surface area contributed by atoms with Crippen LogP contribution in [0.3, 0.4) is 0 Å². The fraction of sp³-hybridized carbons (Fsp3) is 0.571. The van der Waals surface area contributed by atoms with Crippen LogP contribution in [0.1, 0.15) is 36.4 Å². The average Bonchev–Trinajstić information content (AvgIpc) is 3.04. The Morgan fingerprint density at radius 3 is 2.70 bits per heavy atom. The van der Waals surface area contributed by atoms with Crippen molar-refractivity contribution < 1.29 is 4.42 Å². The molecule has 0 aromatic carbocycles. The third-order valence-electron chi connectivity index (χ3n) is 2.78. The SMILES string of the molecule is CCc1ccc(CNc2nnc(CNCC(C)C)o2)s1. The number of anilines is 1. The Labute approximate surface area is 123 Å². The molecule has 0 aliphatic carbocycles. The van der Waals surface area contributed by atoms with Gasteiger partial charge in [0.05, 0.1) is 13.1 Å². The van der Waals surface area contributed by atoms with E-state index in [-0.39, 0.29) is 0 Å². The van der Waals surface area contributed by atoms with E-state index in [9.17, 15) is 0 Å². The molecule has 0 saturated carbocycles. The van der Waals surface area contributed by atoms with Gasteiger partial charge in [-0.25, -0.2) is 0 Å². The highest BCUT2D eigenvalue weighted by molar-refractivity contribution is 7.12. The Kier molecular flexibility index (Phi) is 5.55. The first kappa shape index (κ1) is 15.0. The second kappa shape index (κ2) is 7.40. The van der Waals surface area contributed by atoms with Crippen molar-refractivity contribution in [2.24, 2.45) is 5.92 Å². The molecule has 0 aliphatic heterocycles. The van der Waals surface area contributed by atoms with Crippen LogP contribution >= 0.6 is 11.3 Å². The van der Waals surface area contributed by atoms with Gasteiger partial charge in [-0.05, 0) is 31.0 Å². The number of rotatable bonds is 8. The van der Waals surface area contributed by atoms with E-state index in [2.05, 4.69) is 53.7 Å². The molecular formula is C14H22N4OS. The molecule has 20 heavy (non-hydrogen) atoms. The van der Waals surface area contributed by atoms with Gasteiger partial charge >= 0.3 is 6.01 Å². The maximum absolute atomic E-state index is 5.53. The molecular weight excluding hydrogens is 272 g/mol. The van der Waals surface area contributed by atoms with Crippen molar-refractivity contribution in [1.29, 1.82) is 0 Å². The number of hydrogen-bond donors (Lipinski definition) is 2. The predicted octanol–water partition coefficient (Wildman–Crippen LogP) is 3.05. The molecule has 0 bridgehead atoms. The van der Waals surface area contributed by atoms with Gasteiger partial charge in [0.1, 0.15) is 0 Å². The van der Waals surface area contributed by atoms with Gasteiger partial charge < -0.3 is 15.1 Å². The van der Waals surface area contributed by atoms with Crippen LogP contribution in [0.4, 0.5) is 6.01 Å². The fourth-order valence-corrected chi connectivity index (χ4v) is 2.63. The Morgan fingerprint density at radius 2 is 2.00 bits per heavy atom. The zero-order valence-corrected chi connectivity index (χ0v) is 13.1. The van der Waals surface area contributed by atoms with Gasteiger partial charge in [-0.1, -0.05) is 25.9 Å². The number of hydrogen-bond acceptors (Lipinski definition) is 6. The standard InChI is InChI=1S/C14H22N4OS/c1-4-11-5-6-12(20-11)8-16-14-18-17-13(19-14)9-15-7-10(2)3/h5-6,10,15H,4,7-9H2,1-3H3,(H,16,18). The molecule has 0 spiro atoms. The summed E-state index contributed by atoms with van der Waals surface area (Å²) in [7, 11) is 0. The lowest BCUT2D eigenvalue weighted by molar-refractivity contribution is 0.458. The van der Waals surface area contributed by atoms with Crippen molar-refractivity contribution in [2.75, 3.05) is 11.9 Å². The predicted molar refractivity (Wildman–Crippen MR) is 81.9 cm³/mol. The van der Waals surface area contributed by atoms with Crippen LogP contribution in [0.25, 0.3) is 0 Å². The van der Waals surface area contributed by atoms with Gasteiger partial charge in [-0.2, -0.15) is 0 Å². The minimum Gasteiger partial charge on any atom is -0.407 e. The highest BCUT2D eigenvalue weighted by Crippen LogP contribution is 2.18. The molecule has 0 fully saturated rings. The van der Waals surface area contributed by atoms with Crippen LogP contribution in [0.2, 0.25) is 0 Å². The van der Waals surface area contributed by atoms with Crippen molar-refractivity contribution >= 4 is 17.4 Å². The Morgan fingerprint density at radius 1 is 1.20 bits per heavy atom. The molecule has 0 saturated heterocycles. The number of nitrogens with zero attached hydrogens (tertiary/aromatic N) is 2. The molecule has 2 aromatic heterocycles. The summed E-state index contributed by atoms with van der Waals surface area (Å²) in [6.07, 6.45) is 1.08. The summed E-state index contributed by atoms with van der Waals surface area (Å²) >= 11 is 1.81. The number of aromatic nitrogens is 2. The topological polar surface area (TPSA) is 63.0 Å². The first-order chi connectivity index (χ1) is 9.67. The molecule has 110 valence electrons. The van der Waals surface area contributed by atoms with Gasteiger partial charge in [0.25, 0.3) is 0 Å². The van der Waals surface area contributed by atoms with E-state index in [1.165, 1.54) is 9.75 Å². The fourth-order valence-electron chi connectivity index (χ4n) is 1.73. The maximum atomic E-state index is 5.53. The molecule has 2 heterocycles. The Bertz CT molecular complexity index is 521. The Balaban J connectivity index is 1.77. The van der Waals surface area contributed by atoms with E-state index >= 15 is 0 Å². The highest BCUT2D eigenvalue weighted by Gasteiger charge is 2.06. The van der Waals surface area contributed by atoms with E-state index in [1.54, 1.807) is 0 Å². The molecule has 0 unspecified atom stereocenters. The second-order valence-corrected chi connectivity index (χ2v) is 6.35. The molecule has 2 rings (SSSR count). The monoisotopic (exact) mass is 294 g/mol. The van der Waals surface area contributed by atoms with Crippen molar-refractivity contribution in [3.8, 4) is 0 Å². The van der Waals surface area contributed by atoms with Gasteiger partial charge in [0.15, 0.2) is 0 Å². The summed E-state index contributed by atoms with van der Waals surface area (Å²) in [4.78, 5) is 2.67. The van der Waals surface area contributed by atoms with Crippen molar-refractivity contribution in [3.63, 3.8) is 0 Å². The summed E-state index contributed by atoms with van der Waals surface area (Å²) in [5.41, 5.74) is 0. The normalized spacial score (nSPS) is 11.2. The van der Waals surface area contributed by atoms with E-state index in [4.69, 9.17) is 4.42 Å². The minimum atomic E-state index is 0.484. The van der Waals surface area contributed by atoms with Gasteiger partial charge in [-0.15, -0.1) is 16.4 Å². The summed E-state index contributed by atoms with van der Waals surface area (Å²) in [5, 5.41) is 14.4. The highest BCUT2D eigenvalue weighted by atomic mass is 32.1. The smallest absolute Gasteiger partial charge is 0.315 e. The minimum absolute atomic E-state index is 0.484. The summed E-state index contributed by atoms with van der Waals surface area (Å²) < 4.78 is 5.53. The van der Waals surface area contributed by atoms with Crippen LogP contribution in [-0.4, -0.2) is 16.7 Å².